The molecule has 0 aromatic rings. The maximum atomic E-state index is 11.6. The molecule has 0 amide bonds. The highest BCUT2D eigenvalue weighted by Gasteiger charge is 2.62. The van der Waals surface area contributed by atoms with Gasteiger partial charge in [-0.15, -0.1) is 0 Å². The summed E-state index contributed by atoms with van der Waals surface area (Å²) in [5, 5.41) is 32.4. The van der Waals surface area contributed by atoms with E-state index in [4.69, 9.17) is 0 Å². The molecule has 0 bridgehead atoms. The third kappa shape index (κ3) is 3.67. The van der Waals surface area contributed by atoms with Gasteiger partial charge >= 0.3 is 0 Å². The number of aliphatic hydroxyl groups excluding tert-OH is 3. The molecule has 4 aliphatic rings. The van der Waals surface area contributed by atoms with Gasteiger partial charge in [0.15, 0.2) is 0 Å². The summed E-state index contributed by atoms with van der Waals surface area (Å²) in [6.07, 6.45) is 11.3. The van der Waals surface area contributed by atoms with E-state index in [1.54, 1.807) is 5.57 Å². The van der Waals surface area contributed by atoms with Gasteiger partial charge < -0.3 is 15.3 Å². The minimum Gasteiger partial charge on any atom is -0.393 e. The standard InChI is InChI=1S/C28H46O3/c1-16(2)17(3)7-8-18(4)21-11-12-22-20-10-9-19-13-24(29)25(30)15-27(19,5)23(20)14-26(31)28(21,22)6/h7-8,10,16-19,21-26,29-31H,9,11-15H2,1-6H3/t17-,18+,19-,21+,22-,23-,24+,25-,26-,27-,28+/m0/s1. The van der Waals surface area contributed by atoms with Crippen LogP contribution in [0.25, 0.3) is 0 Å². The smallest absolute Gasteiger partial charge is 0.0804 e. The molecule has 0 aromatic heterocycles. The van der Waals surface area contributed by atoms with E-state index >= 15 is 0 Å². The lowest BCUT2D eigenvalue weighted by atomic mass is 9.46. The van der Waals surface area contributed by atoms with Crippen molar-refractivity contribution in [3.05, 3.63) is 23.8 Å². The molecule has 31 heavy (non-hydrogen) atoms. The second kappa shape index (κ2) is 8.29. The fraction of sp³-hybridized carbons (Fsp3) is 0.857. The zero-order valence-corrected chi connectivity index (χ0v) is 20.6. The van der Waals surface area contributed by atoms with E-state index in [0.717, 1.165) is 12.8 Å². The van der Waals surface area contributed by atoms with Crippen molar-refractivity contribution in [3.63, 3.8) is 0 Å². The summed E-state index contributed by atoms with van der Waals surface area (Å²) in [5.41, 5.74) is 1.49. The third-order valence-electron chi connectivity index (χ3n) is 10.7. The number of allylic oxidation sites excluding steroid dienone is 4. The van der Waals surface area contributed by atoms with Crippen molar-refractivity contribution >= 4 is 0 Å². The Balaban J connectivity index is 1.60. The second-order valence-electron chi connectivity index (χ2n) is 12.5. The topological polar surface area (TPSA) is 60.7 Å². The Morgan fingerprint density at radius 2 is 1.65 bits per heavy atom. The van der Waals surface area contributed by atoms with Crippen LogP contribution in [0.3, 0.4) is 0 Å². The molecule has 3 saturated carbocycles. The molecule has 0 radical (unpaired) electrons. The summed E-state index contributed by atoms with van der Waals surface area (Å²) in [7, 11) is 0. The van der Waals surface area contributed by atoms with E-state index in [1.165, 1.54) is 12.8 Å². The largest absolute Gasteiger partial charge is 0.393 e. The van der Waals surface area contributed by atoms with Gasteiger partial charge in [0.05, 0.1) is 18.3 Å². The van der Waals surface area contributed by atoms with Crippen molar-refractivity contribution < 1.29 is 15.3 Å². The molecule has 4 aliphatic carbocycles. The van der Waals surface area contributed by atoms with E-state index < -0.39 is 12.2 Å². The number of hydrogen-bond acceptors (Lipinski definition) is 3. The Labute approximate surface area is 190 Å². The summed E-state index contributed by atoms with van der Waals surface area (Å²) in [6, 6.07) is 0. The quantitative estimate of drug-likeness (QED) is 0.527. The zero-order valence-electron chi connectivity index (χ0n) is 20.6. The highest BCUT2D eigenvalue weighted by atomic mass is 16.3. The lowest BCUT2D eigenvalue weighted by molar-refractivity contribution is -0.129. The summed E-state index contributed by atoms with van der Waals surface area (Å²) < 4.78 is 0. The molecule has 176 valence electrons. The minimum absolute atomic E-state index is 0.0126. The Bertz CT molecular complexity index is 726. The van der Waals surface area contributed by atoms with Gasteiger partial charge in [0.25, 0.3) is 0 Å². The van der Waals surface area contributed by atoms with Crippen LogP contribution >= 0.6 is 0 Å². The van der Waals surface area contributed by atoms with Crippen molar-refractivity contribution in [2.75, 3.05) is 0 Å². The average Bonchev–Trinajstić information content (AvgIpc) is 3.07. The first-order valence-electron chi connectivity index (χ1n) is 12.9. The molecule has 0 aromatic carbocycles. The van der Waals surface area contributed by atoms with Gasteiger partial charge in [0.1, 0.15) is 0 Å². The molecule has 0 aliphatic heterocycles. The van der Waals surface area contributed by atoms with Gasteiger partial charge in [-0.05, 0) is 85.4 Å². The molecule has 0 heterocycles. The van der Waals surface area contributed by atoms with Crippen LogP contribution in [0, 0.1) is 52.3 Å². The van der Waals surface area contributed by atoms with Crippen molar-refractivity contribution in [3.8, 4) is 0 Å². The van der Waals surface area contributed by atoms with E-state index in [0.29, 0.717) is 54.3 Å². The van der Waals surface area contributed by atoms with E-state index in [-0.39, 0.29) is 16.9 Å². The van der Waals surface area contributed by atoms with Gasteiger partial charge in [-0.3, -0.25) is 0 Å². The Morgan fingerprint density at radius 3 is 2.32 bits per heavy atom. The van der Waals surface area contributed by atoms with Gasteiger partial charge in [-0.2, -0.15) is 0 Å². The van der Waals surface area contributed by atoms with E-state index in [2.05, 4.69) is 59.8 Å². The molecule has 3 heteroatoms. The Morgan fingerprint density at radius 1 is 0.935 bits per heavy atom. The van der Waals surface area contributed by atoms with Gasteiger partial charge in [0, 0.05) is 5.41 Å². The van der Waals surface area contributed by atoms with Crippen LogP contribution in [0.15, 0.2) is 23.8 Å². The molecular weight excluding hydrogens is 384 g/mol. The zero-order chi connectivity index (χ0) is 22.7. The van der Waals surface area contributed by atoms with Crippen molar-refractivity contribution in [2.24, 2.45) is 52.3 Å². The Kier molecular flexibility index (Phi) is 6.29. The molecule has 0 unspecified atom stereocenters. The van der Waals surface area contributed by atoms with Gasteiger partial charge in [0.2, 0.25) is 0 Å². The predicted molar refractivity (Wildman–Crippen MR) is 126 cm³/mol. The molecule has 0 saturated heterocycles. The third-order valence-corrected chi connectivity index (χ3v) is 10.7. The molecule has 3 fully saturated rings. The molecule has 4 rings (SSSR count). The monoisotopic (exact) mass is 430 g/mol. The van der Waals surface area contributed by atoms with E-state index in [1.807, 2.05) is 0 Å². The van der Waals surface area contributed by atoms with Crippen LogP contribution in [-0.2, 0) is 0 Å². The first kappa shape index (κ1) is 23.5. The minimum atomic E-state index is -0.629. The number of aliphatic hydroxyl groups is 3. The molecule has 3 nitrogen and oxygen atoms in total. The molecule has 3 N–H and O–H groups in total. The lowest BCUT2D eigenvalue weighted by Gasteiger charge is -2.59. The lowest BCUT2D eigenvalue weighted by Crippen LogP contribution is -2.57. The summed E-state index contributed by atoms with van der Waals surface area (Å²) in [6.45, 7) is 13.9. The fourth-order valence-electron chi connectivity index (χ4n) is 8.10. The van der Waals surface area contributed by atoms with Crippen LogP contribution in [0.2, 0.25) is 0 Å². The number of rotatable bonds is 4. The molecule has 0 spiro atoms. The predicted octanol–water partition coefficient (Wildman–Crippen LogP) is 5.35. The number of fused-ring (bicyclic) bond motifs is 5. The maximum absolute atomic E-state index is 11.6. The highest BCUT2D eigenvalue weighted by molar-refractivity contribution is 5.30. The Hall–Kier alpha value is -0.640. The van der Waals surface area contributed by atoms with Crippen molar-refractivity contribution in [2.45, 2.75) is 98.4 Å². The average molecular weight is 431 g/mol. The molecular formula is C28H46O3. The maximum Gasteiger partial charge on any atom is 0.0804 e. The summed E-state index contributed by atoms with van der Waals surface area (Å²) in [5.74, 6) is 3.42. The normalized spacial score (nSPS) is 49.4. The number of hydrogen-bond donors (Lipinski definition) is 3. The van der Waals surface area contributed by atoms with Crippen LogP contribution in [0.5, 0.6) is 0 Å². The first-order valence-corrected chi connectivity index (χ1v) is 12.9. The van der Waals surface area contributed by atoms with Gasteiger partial charge in [-0.1, -0.05) is 65.3 Å². The fourth-order valence-corrected chi connectivity index (χ4v) is 8.10. The van der Waals surface area contributed by atoms with Crippen LogP contribution in [0.4, 0.5) is 0 Å². The van der Waals surface area contributed by atoms with Crippen LogP contribution in [-0.4, -0.2) is 33.6 Å². The second-order valence-corrected chi connectivity index (χ2v) is 12.5. The molecule has 11 atom stereocenters. The van der Waals surface area contributed by atoms with Crippen molar-refractivity contribution in [1.29, 1.82) is 0 Å². The first-order chi connectivity index (χ1) is 14.5. The summed E-state index contributed by atoms with van der Waals surface area (Å²) >= 11 is 0. The van der Waals surface area contributed by atoms with Crippen LogP contribution < -0.4 is 0 Å². The highest BCUT2D eigenvalue weighted by Crippen LogP contribution is 2.66. The van der Waals surface area contributed by atoms with Crippen LogP contribution in [0.1, 0.15) is 80.1 Å². The SMILES string of the molecule is CC(C)[C@@H](C)C=C[C@@H](C)[C@H]1CC[C@H]2C3=CC[C@H]4C[C@@H](O)[C@@H](O)C[C@]4(C)[C@H]3C[C@H](O)[C@]12C. The van der Waals surface area contributed by atoms with E-state index in [9.17, 15) is 15.3 Å². The summed E-state index contributed by atoms with van der Waals surface area (Å²) in [4.78, 5) is 0. The van der Waals surface area contributed by atoms with Gasteiger partial charge in [-0.25, -0.2) is 0 Å². The van der Waals surface area contributed by atoms with Crippen molar-refractivity contribution in [1.82, 2.24) is 0 Å².